The van der Waals surface area contributed by atoms with E-state index in [0.29, 0.717) is 35.0 Å². The molecule has 0 bridgehead atoms. The third-order valence-electron chi connectivity index (χ3n) is 5.26. The van der Waals surface area contributed by atoms with E-state index in [1.165, 1.54) is 7.11 Å². The Morgan fingerprint density at radius 1 is 0.886 bits per heavy atom. The minimum absolute atomic E-state index is 0.253. The van der Waals surface area contributed by atoms with Crippen LogP contribution in [0.15, 0.2) is 42.5 Å². The van der Waals surface area contributed by atoms with E-state index in [4.69, 9.17) is 18.9 Å². The zero-order valence-corrected chi connectivity index (χ0v) is 21.0. The highest BCUT2D eigenvalue weighted by Gasteiger charge is 2.27. The fourth-order valence-electron chi connectivity index (χ4n) is 3.36. The topological polar surface area (TPSA) is 112 Å². The van der Waals surface area contributed by atoms with Crippen LogP contribution in [0, 0.1) is 5.92 Å². The van der Waals surface area contributed by atoms with Crippen LogP contribution in [0.3, 0.4) is 0 Å². The van der Waals surface area contributed by atoms with E-state index in [9.17, 15) is 14.4 Å². The molecule has 0 radical (unpaired) electrons. The molecule has 0 aliphatic rings. The molecule has 2 rings (SSSR count). The molecular formula is C26H34N2O7. The van der Waals surface area contributed by atoms with Crippen LogP contribution in [0.25, 0.3) is 0 Å². The van der Waals surface area contributed by atoms with E-state index in [1.54, 1.807) is 70.3 Å². The molecule has 2 atom stereocenters. The molecule has 1 unspecified atom stereocenters. The van der Waals surface area contributed by atoms with E-state index in [0.717, 1.165) is 0 Å². The molecule has 0 fully saturated rings. The Kier molecular flexibility index (Phi) is 10.4. The summed E-state index contributed by atoms with van der Waals surface area (Å²) < 4.78 is 21.2. The number of methoxy groups -OCH3 is 2. The van der Waals surface area contributed by atoms with Crippen molar-refractivity contribution in [2.75, 3.05) is 27.4 Å². The lowest BCUT2D eigenvalue weighted by atomic mass is 10.0. The van der Waals surface area contributed by atoms with Gasteiger partial charge in [-0.05, 0) is 62.2 Å². The predicted molar refractivity (Wildman–Crippen MR) is 131 cm³/mol. The molecule has 2 aromatic rings. The van der Waals surface area contributed by atoms with Crippen LogP contribution >= 0.6 is 0 Å². The van der Waals surface area contributed by atoms with Gasteiger partial charge in [0.05, 0.1) is 26.9 Å². The van der Waals surface area contributed by atoms with Gasteiger partial charge < -0.3 is 29.6 Å². The SMILES string of the molecule is CCOc1ccc(C(=O)N[C@H](C(=O)OCC(=O)NC(C)c2cc(OC)ccc2OC)C(C)C)cc1. The van der Waals surface area contributed by atoms with Gasteiger partial charge in [0.15, 0.2) is 6.61 Å². The van der Waals surface area contributed by atoms with Crippen molar-refractivity contribution in [1.29, 1.82) is 0 Å². The second-order valence-electron chi connectivity index (χ2n) is 8.16. The van der Waals surface area contributed by atoms with Gasteiger partial charge in [-0.2, -0.15) is 0 Å². The average Bonchev–Trinajstić information content (AvgIpc) is 2.85. The Labute approximate surface area is 206 Å². The smallest absolute Gasteiger partial charge is 0.329 e. The summed E-state index contributed by atoms with van der Waals surface area (Å²) in [5.41, 5.74) is 1.10. The third-order valence-corrected chi connectivity index (χ3v) is 5.26. The molecule has 0 heterocycles. The number of hydrogen-bond acceptors (Lipinski definition) is 7. The first-order valence-electron chi connectivity index (χ1n) is 11.4. The number of carbonyl (C=O) groups excluding carboxylic acids is 3. The molecule has 0 aromatic heterocycles. The largest absolute Gasteiger partial charge is 0.497 e. The predicted octanol–water partition coefficient (Wildman–Crippen LogP) is 3.28. The van der Waals surface area contributed by atoms with Crippen molar-refractivity contribution in [2.24, 2.45) is 5.92 Å². The van der Waals surface area contributed by atoms with Gasteiger partial charge in [-0.1, -0.05) is 13.8 Å². The molecule has 9 nitrogen and oxygen atoms in total. The molecule has 0 saturated carbocycles. The molecular weight excluding hydrogens is 452 g/mol. The fourth-order valence-corrected chi connectivity index (χ4v) is 3.36. The molecule has 0 aliphatic heterocycles. The van der Waals surface area contributed by atoms with Crippen LogP contribution < -0.4 is 24.8 Å². The molecule has 2 N–H and O–H groups in total. The number of hydrogen-bond donors (Lipinski definition) is 2. The number of amides is 2. The lowest BCUT2D eigenvalue weighted by molar-refractivity contribution is -0.151. The highest BCUT2D eigenvalue weighted by atomic mass is 16.5. The maximum atomic E-state index is 12.7. The van der Waals surface area contributed by atoms with Gasteiger partial charge in [0.2, 0.25) is 0 Å². The van der Waals surface area contributed by atoms with Crippen LogP contribution in [0.2, 0.25) is 0 Å². The Hall–Kier alpha value is -3.75. The van der Waals surface area contributed by atoms with Crippen molar-refractivity contribution < 1.29 is 33.3 Å². The van der Waals surface area contributed by atoms with Crippen LogP contribution in [-0.2, 0) is 14.3 Å². The average molecular weight is 487 g/mol. The minimum Gasteiger partial charge on any atom is -0.497 e. The summed E-state index contributed by atoms with van der Waals surface area (Å²) in [6.45, 7) is 7.24. The minimum atomic E-state index is -0.919. The molecule has 2 amide bonds. The van der Waals surface area contributed by atoms with E-state index in [-0.39, 0.29) is 5.92 Å². The first-order valence-corrected chi connectivity index (χ1v) is 11.4. The highest BCUT2D eigenvalue weighted by molar-refractivity contribution is 5.97. The van der Waals surface area contributed by atoms with Crippen molar-refractivity contribution in [3.63, 3.8) is 0 Å². The van der Waals surface area contributed by atoms with Crippen molar-refractivity contribution in [2.45, 2.75) is 39.8 Å². The monoisotopic (exact) mass is 486 g/mol. The molecule has 0 aliphatic carbocycles. The summed E-state index contributed by atoms with van der Waals surface area (Å²) >= 11 is 0. The van der Waals surface area contributed by atoms with Gasteiger partial charge in [0.25, 0.3) is 11.8 Å². The Balaban J connectivity index is 1.95. The Morgan fingerprint density at radius 2 is 1.54 bits per heavy atom. The number of nitrogens with one attached hydrogen (secondary N) is 2. The van der Waals surface area contributed by atoms with E-state index >= 15 is 0 Å². The summed E-state index contributed by atoms with van der Waals surface area (Å²) in [6, 6.07) is 10.5. The second-order valence-corrected chi connectivity index (χ2v) is 8.16. The summed E-state index contributed by atoms with van der Waals surface area (Å²) in [6.07, 6.45) is 0. The molecule has 0 spiro atoms. The van der Waals surface area contributed by atoms with Crippen molar-refractivity contribution in [3.8, 4) is 17.2 Å². The maximum Gasteiger partial charge on any atom is 0.329 e. The van der Waals surface area contributed by atoms with Crippen LogP contribution in [-0.4, -0.2) is 51.3 Å². The van der Waals surface area contributed by atoms with Gasteiger partial charge in [-0.25, -0.2) is 4.79 Å². The van der Waals surface area contributed by atoms with Crippen molar-refractivity contribution in [1.82, 2.24) is 10.6 Å². The second kappa shape index (κ2) is 13.2. The Morgan fingerprint density at radius 3 is 2.11 bits per heavy atom. The van der Waals surface area contributed by atoms with Gasteiger partial charge in [0, 0.05) is 11.1 Å². The molecule has 9 heteroatoms. The standard InChI is InChI=1S/C26H34N2O7/c1-7-34-19-10-8-18(9-11-19)25(30)28-24(16(2)3)26(31)35-15-23(29)27-17(4)21-14-20(32-5)12-13-22(21)33-6/h8-14,16-17,24H,7,15H2,1-6H3,(H,27,29)(H,28,30)/t17?,24-/m0/s1. The summed E-state index contributed by atoms with van der Waals surface area (Å²) in [4.78, 5) is 37.7. The number of ether oxygens (including phenoxy) is 4. The zero-order valence-electron chi connectivity index (χ0n) is 21.0. The number of benzene rings is 2. The van der Waals surface area contributed by atoms with Crippen molar-refractivity contribution in [3.05, 3.63) is 53.6 Å². The van der Waals surface area contributed by atoms with Crippen LogP contribution in [0.4, 0.5) is 0 Å². The van der Waals surface area contributed by atoms with Gasteiger partial charge >= 0.3 is 5.97 Å². The lowest BCUT2D eigenvalue weighted by Crippen LogP contribution is -2.46. The van der Waals surface area contributed by atoms with Crippen LogP contribution in [0.1, 0.15) is 49.7 Å². The fraction of sp³-hybridized carbons (Fsp3) is 0.423. The van der Waals surface area contributed by atoms with E-state index in [1.807, 2.05) is 6.92 Å². The van der Waals surface area contributed by atoms with Gasteiger partial charge in [0.1, 0.15) is 23.3 Å². The van der Waals surface area contributed by atoms with E-state index in [2.05, 4.69) is 10.6 Å². The zero-order chi connectivity index (χ0) is 26.0. The van der Waals surface area contributed by atoms with E-state index < -0.39 is 36.5 Å². The van der Waals surface area contributed by atoms with Crippen LogP contribution in [0.5, 0.6) is 17.2 Å². The van der Waals surface area contributed by atoms with Gasteiger partial charge in [-0.15, -0.1) is 0 Å². The first kappa shape index (κ1) is 27.5. The summed E-state index contributed by atoms with van der Waals surface area (Å²) in [5, 5.41) is 5.46. The maximum absolute atomic E-state index is 12.7. The normalized spacial score (nSPS) is 12.3. The number of rotatable bonds is 12. The first-order chi connectivity index (χ1) is 16.7. The summed E-state index contributed by atoms with van der Waals surface area (Å²) in [5.74, 6) is 0.000654. The Bertz CT molecular complexity index is 1010. The molecule has 190 valence electrons. The highest BCUT2D eigenvalue weighted by Crippen LogP contribution is 2.29. The molecule has 0 saturated heterocycles. The quantitative estimate of drug-likeness (QED) is 0.443. The summed E-state index contributed by atoms with van der Waals surface area (Å²) in [7, 11) is 3.09. The van der Waals surface area contributed by atoms with Crippen molar-refractivity contribution >= 4 is 17.8 Å². The molecule has 2 aromatic carbocycles. The van der Waals surface area contributed by atoms with Gasteiger partial charge in [-0.3, -0.25) is 9.59 Å². The number of esters is 1. The molecule has 35 heavy (non-hydrogen) atoms. The third kappa shape index (κ3) is 7.91. The number of carbonyl (C=O) groups is 3. The lowest BCUT2D eigenvalue weighted by Gasteiger charge is -2.21.